The summed E-state index contributed by atoms with van der Waals surface area (Å²) >= 11 is 0. The van der Waals surface area contributed by atoms with Crippen LogP contribution in [-0.2, 0) is 4.74 Å². The van der Waals surface area contributed by atoms with Crippen LogP contribution in [0.4, 0.5) is 8.78 Å². The van der Waals surface area contributed by atoms with Gasteiger partial charge in [0.15, 0.2) is 0 Å². The molecule has 1 aromatic heterocycles. The number of pyridine rings is 1. The van der Waals surface area contributed by atoms with Gasteiger partial charge in [-0.2, -0.15) is 0 Å². The molecule has 0 N–H and O–H groups in total. The molecular formula is C14H17F2NO3. The minimum absolute atomic E-state index is 0.234. The summed E-state index contributed by atoms with van der Waals surface area (Å²) < 4.78 is 35.8. The van der Waals surface area contributed by atoms with Gasteiger partial charge in [-0.05, 0) is 26.8 Å². The van der Waals surface area contributed by atoms with Crippen LogP contribution in [0, 0.1) is 0 Å². The number of hydrogen-bond donors (Lipinski definition) is 0. The molecule has 0 aliphatic heterocycles. The van der Waals surface area contributed by atoms with Gasteiger partial charge in [0.2, 0.25) is 5.88 Å². The number of alkyl halides is 2. The molecule has 0 amide bonds. The first kappa shape index (κ1) is 14.7. The fourth-order valence-corrected chi connectivity index (χ4v) is 1.77. The molecule has 1 saturated carbocycles. The topological polar surface area (TPSA) is 48.4 Å². The summed E-state index contributed by atoms with van der Waals surface area (Å²) in [6.45, 7) is 5.31. The lowest BCUT2D eigenvalue weighted by Gasteiger charge is -2.34. The minimum atomic E-state index is -2.62. The number of rotatable bonds is 3. The molecule has 0 unspecified atom stereocenters. The van der Waals surface area contributed by atoms with Gasteiger partial charge in [-0.15, -0.1) is 0 Å². The van der Waals surface area contributed by atoms with Gasteiger partial charge in [0.1, 0.15) is 11.7 Å². The van der Waals surface area contributed by atoms with Crippen LogP contribution in [0.5, 0.6) is 5.88 Å². The molecule has 1 fully saturated rings. The normalized spacial score (nSPS) is 18.2. The Morgan fingerprint density at radius 2 is 2.00 bits per heavy atom. The maximum absolute atomic E-state index is 12.7. The number of carbonyl (C=O) groups excluding carboxylic acids is 1. The van der Waals surface area contributed by atoms with Gasteiger partial charge in [-0.3, -0.25) is 0 Å². The fraction of sp³-hybridized carbons (Fsp3) is 0.571. The van der Waals surface area contributed by atoms with E-state index in [4.69, 9.17) is 9.47 Å². The van der Waals surface area contributed by atoms with E-state index >= 15 is 0 Å². The largest absolute Gasteiger partial charge is 0.474 e. The quantitative estimate of drug-likeness (QED) is 0.800. The summed E-state index contributed by atoms with van der Waals surface area (Å²) in [5.74, 6) is -2.87. The molecule has 1 aliphatic rings. The van der Waals surface area contributed by atoms with Crippen LogP contribution < -0.4 is 4.74 Å². The minimum Gasteiger partial charge on any atom is -0.474 e. The Kier molecular flexibility index (Phi) is 3.67. The molecule has 0 saturated heterocycles. The first-order valence-electron chi connectivity index (χ1n) is 6.38. The molecule has 1 aromatic rings. The highest BCUT2D eigenvalue weighted by Gasteiger charge is 2.47. The highest BCUT2D eigenvalue weighted by molar-refractivity contribution is 5.89. The SMILES string of the molecule is CC(C)(C)OC(=O)c1ccc(OC2CC(F)(F)C2)nc1. The Morgan fingerprint density at radius 3 is 2.45 bits per heavy atom. The number of esters is 1. The van der Waals surface area contributed by atoms with E-state index < -0.39 is 23.6 Å². The third-order valence-corrected chi connectivity index (χ3v) is 2.71. The second-order valence-electron chi connectivity index (χ2n) is 5.89. The molecule has 4 nitrogen and oxygen atoms in total. The third-order valence-electron chi connectivity index (χ3n) is 2.71. The summed E-state index contributed by atoms with van der Waals surface area (Å²) in [6.07, 6.45) is 0.232. The van der Waals surface area contributed by atoms with Crippen molar-refractivity contribution in [2.75, 3.05) is 0 Å². The molecular weight excluding hydrogens is 268 g/mol. The van der Waals surface area contributed by atoms with Crippen LogP contribution in [0.15, 0.2) is 18.3 Å². The lowest BCUT2D eigenvalue weighted by atomic mass is 9.91. The maximum Gasteiger partial charge on any atom is 0.340 e. The van der Waals surface area contributed by atoms with Crippen LogP contribution in [0.3, 0.4) is 0 Å². The predicted octanol–water partition coefficient (Wildman–Crippen LogP) is 3.21. The van der Waals surface area contributed by atoms with Gasteiger partial charge in [-0.25, -0.2) is 18.6 Å². The summed E-state index contributed by atoms with van der Waals surface area (Å²) in [7, 11) is 0. The molecule has 0 atom stereocenters. The van der Waals surface area contributed by atoms with Crippen molar-refractivity contribution >= 4 is 5.97 Å². The van der Waals surface area contributed by atoms with Crippen molar-refractivity contribution < 1.29 is 23.0 Å². The van der Waals surface area contributed by atoms with E-state index in [1.165, 1.54) is 18.3 Å². The summed E-state index contributed by atoms with van der Waals surface area (Å²) in [6, 6.07) is 2.99. The van der Waals surface area contributed by atoms with Gasteiger partial charge >= 0.3 is 5.97 Å². The molecule has 1 aliphatic carbocycles. The van der Waals surface area contributed by atoms with E-state index in [9.17, 15) is 13.6 Å². The summed E-state index contributed by atoms with van der Waals surface area (Å²) in [5, 5.41) is 0. The lowest BCUT2D eigenvalue weighted by molar-refractivity contribution is -0.135. The average molecular weight is 285 g/mol. The van der Waals surface area contributed by atoms with Crippen molar-refractivity contribution in [2.24, 2.45) is 0 Å². The molecule has 0 radical (unpaired) electrons. The van der Waals surface area contributed by atoms with Crippen LogP contribution in [0.25, 0.3) is 0 Å². The van der Waals surface area contributed by atoms with Crippen molar-refractivity contribution in [1.82, 2.24) is 4.98 Å². The number of carbonyl (C=O) groups is 1. The van der Waals surface area contributed by atoms with Gasteiger partial charge in [0.25, 0.3) is 5.92 Å². The monoisotopic (exact) mass is 285 g/mol. The number of ether oxygens (including phenoxy) is 2. The van der Waals surface area contributed by atoms with Crippen LogP contribution >= 0.6 is 0 Å². The van der Waals surface area contributed by atoms with Crippen molar-refractivity contribution in [3.05, 3.63) is 23.9 Å². The van der Waals surface area contributed by atoms with Gasteiger partial charge < -0.3 is 9.47 Å². The van der Waals surface area contributed by atoms with E-state index in [2.05, 4.69) is 4.98 Å². The third kappa shape index (κ3) is 3.88. The molecule has 110 valence electrons. The molecule has 0 spiro atoms. The Hall–Kier alpha value is -1.72. The number of aromatic nitrogens is 1. The van der Waals surface area contributed by atoms with E-state index in [0.29, 0.717) is 5.56 Å². The molecule has 0 aromatic carbocycles. The molecule has 1 heterocycles. The Labute approximate surface area is 116 Å². The molecule has 20 heavy (non-hydrogen) atoms. The Morgan fingerprint density at radius 1 is 1.35 bits per heavy atom. The first-order valence-corrected chi connectivity index (χ1v) is 6.38. The average Bonchev–Trinajstić information content (AvgIpc) is 2.25. The molecule has 2 rings (SSSR count). The second-order valence-corrected chi connectivity index (χ2v) is 5.89. The zero-order chi connectivity index (χ0) is 15.0. The zero-order valence-corrected chi connectivity index (χ0v) is 11.7. The van der Waals surface area contributed by atoms with Gasteiger partial charge in [-0.1, -0.05) is 0 Å². The van der Waals surface area contributed by atoms with Crippen LogP contribution in [0.2, 0.25) is 0 Å². The van der Waals surface area contributed by atoms with Crippen LogP contribution in [0.1, 0.15) is 44.0 Å². The van der Waals surface area contributed by atoms with E-state index in [-0.39, 0.29) is 18.7 Å². The maximum atomic E-state index is 12.7. The Balaban J connectivity index is 1.92. The standard InChI is InChI=1S/C14H17F2NO3/c1-13(2,3)20-12(18)9-4-5-11(17-8-9)19-10-6-14(15,16)7-10/h4-5,8,10H,6-7H2,1-3H3. The zero-order valence-electron chi connectivity index (χ0n) is 11.7. The first-order chi connectivity index (χ1) is 9.15. The summed E-state index contributed by atoms with van der Waals surface area (Å²) in [5.41, 5.74) is -0.282. The number of hydrogen-bond acceptors (Lipinski definition) is 4. The van der Waals surface area contributed by atoms with Crippen molar-refractivity contribution in [3.63, 3.8) is 0 Å². The van der Waals surface area contributed by atoms with E-state index in [1.807, 2.05) is 0 Å². The number of nitrogens with zero attached hydrogens (tertiary/aromatic N) is 1. The Bertz CT molecular complexity index is 486. The smallest absolute Gasteiger partial charge is 0.340 e. The second kappa shape index (κ2) is 5.00. The van der Waals surface area contributed by atoms with Gasteiger partial charge in [0.05, 0.1) is 5.56 Å². The highest BCUT2D eigenvalue weighted by Crippen LogP contribution is 2.39. The van der Waals surface area contributed by atoms with E-state index in [1.54, 1.807) is 20.8 Å². The van der Waals surface area contributed by atoms with Crippen molar-refractivity contribution in [1.29, 1.82) is 0 Å². The summed E-state index contributed by atoms with van der Waals surface area (Å²) in [4.78, 5) is 15.7. The highest BCUT2D eigenvalue weighted by atomic mass is 19.3. The predicted molar refractivity (Wildman–Crippen MR) is 68.0 cm³/mol. The lowest BCUT2D eigenvalue weighted by Crippen LogP contribution is -2.43. The van der Waals surface area contributed by atoms with Crippen LogP contribution in [-0.4, -0.2) is 28.6 Å². The van der Waals surface area contributed by atoms with Crippen molar-refractivity contribution in [2.45, 2.75) is 51.2 Å². The number of halogens is 2. The van der Waals surface area contributed by atoms with Gasteiger partial charge in [0, 0.05) is 25.1 Å². The fourth-order valence-electron chi connectivity index (χ4n) is 1.77. The van der Waals surface area contributed by atoms with Crippen molar-refractivity contribution in [3.8, 4) is 5.88 Å². The molecule has 6 heteroatoms. The van der Waals surface area contributed by atoms with E-state index in [0.717, 1.165) is 0 Å². The molecule has 0 bridgehead atoms.